The van der Waals surface area contributed by atoms with Gasteiger partial charge in [0.2, 0.25) is 11.8 Å². The molecule has 2 N–H and O–H groups in total. The van der Waals surface area contributed by atoms with Gasteiger partial charge in [0.25, 0.3) is 0 Å². The first-order valence-electron chi connectivity index (χ1n) is 9.24. The summed E-state index contributed by atoms with van der Waals surface area (Å²) in [4.78, 5) is 24.5. The summed E-state index contributed by atoms with van der Waals surface area (Å²) >= 11 is 0. The lowest BCUT2D eigenvalue weighted by molar-refractivity contribution is -0.131. The Bertz CT molecular complexity index is 563. The molecule has 1 aromatic rings. The third kappa shape index (κ3) is 5.76. The molecule has 5 nitrogen and oxygen atoms in total. The Morgan fingerprint density at radius 3 is 2.16 bits per heavy atom. The molecule has 1 fully saturated rings. The first-order chi connectivity index (χ1) is 12.0. The summed E-state index contributed by atoms with van der Waals surface area (Å²) in [6.07, 6.45) is 4.10. The van der Waals surface area contributed by atoms with Crippen LogP contribution in [0.4, 0.5) is 0 Å². The zero-order valence-electron chi connectivity index (χ0n) is 15.5. The lowest BCUT2D eigenvalue weighted by atomic mass is 9.81. The lowest BCUT2D eigenvalue weighted by Crippen LogP contribution is -2.40. The maximum absolute atomic E-state index is 12.4. The zero-order valence-corrected chi connectivity index (χ0v) is 15.5. The number of carbonyl (C=O) groups is 2. The molecule has 0 heterocycles. The van der Waals surface area contributed by atoms with Crippen molar-refractivity contribution in [1.82, 2.24) is 10.6 Å². The first kappa shape index (κ1) is 19.3. The SMILES string of the molecule is CCC(C)NC(=O)C1CCC(C(=O)NCc2ccc(OC)cc2)CC1. The summed E-state index contributed by atoms with van der Waals surface area (Å²) in [5.41, 5.74) is 1.05. The molecule has 0 aromatic heterocycles. The minimum atomic E-state index is 0.0193. The molecule has 0 radical (unpaired) electrons. The van der Waals surface area contributed by atoms with Crippen molar-refractivity contribution in [3.8, 4) is 5.75 Å². The molecule has 1 aliphatic carbocycles. The van der Waals surface area contributed by atoms with Crippen LogP contribution in [0.15, 0.2) is 24.3 Å². The van der Waals surface area contributed by atoms with Crippen molar-refractivity contribution in [1.29, 1.82) is 0 Å². The van der Waals surface area contributed by atoms with E-state index in [-0.39, 0.29) is 29.7 Å². The molecule has 1 unspecified atom stereocenters. The summed E-state index contributed by atoms with van der Waals surface area (Å²) < 4.78 is 5.13. The second-order valence-electron chi connectivity index (χ2n) is 6.93. The number of amides is 2. The van der Waals surface area contributed by atoms with E-state index in [1.807, 2.05) is 31.2 Å². The Labute approximate surface area is 150 Å². The third-order valence-electron chi connectivity index (χ3n) is 5.10. The van der Waals surface area contributed by atoms with Crippen molar-refractivity contribution in [2.45, 2.75) is 58.5 Å². The first-order valence-corrected chi connectivity index (χ1v) is 9.24. The Balaban J connectivity index is 1.74. The van der Waals surface area contributed by atoms with E-state index in [4.69, 9.17) is 4.74 Å². The van der Waals surface area contributed by atoms with Gasteiger partial charge in [-0.2, -0.15) is 0 Å². The van der Waals surface area contributed by atoms with Crippen molar-refractivity contribution < 1.29 is 14.3 Å². The number of carbonyl (C=O) groups excluding carboxylic acids is 2. The summed E-state index contributed by atoms with van der Waals surface area (Å²) in [5, 5.41) is 6.06. The topological polar surface area (TPSA) is 67.4 Å². The molecule has 2 rings (SSSR count). The van der Waals surface area contributed by atoms with Gasteiger partial charge in [-0.05, 0) is 56.7 Å². The highest BCUT2D eigenvalue weighted by atomic mass is 16.5. The Kier molecular flexibility index (Phi) is 7.29. The maximum Gasteiger partial charge on any atom is 0.223 e. The molecule has 2 amide bonds. The van der Waals surface area contributed by atoms with Crippen LogP contribution in [0.3, 0.4) is 0 Å². The van der Waals surface area contributed by atoms with Crippen molar-refractivity contribution >= 4 is 11.8 Å². The Morgan fingerprint density at radius 2 is 1.64 bits per heavy atom. The van der Waals surface area contributed by atoms with Crippen LogP contribution in [0.25, 0.3) is 0 Å². The summed E-state index contributed by atoms with van der Waals surface area (Å²) in [6, 6.07) is 7.91. The predicted octanol–water partition coefficient (Wildman–Crippen LogP) is 3.03. The van der Waals surface area contributed by atoms with E-state index in [0.29, 0.717) is 6.54 Å². The van der Waals surface area contributed by atoms with E-state index in [0.717, 1.165) is 43.4 Å². The molecule has 0 bridgehead atoms. The molecule has 1 saturated carbocycles. The van der Waals surface area contributed by atoms with Gasteiger partial charge >= 0.3 is 0 Å². The van der Waals surface area contributed by atoms with Gasteiger partial charge in [-0.15, -0.1) is 0 Å². The van der Waals surface area contributed by atoms with Crippen molar-refractivity contribution in [3.05, 3.63) is 29.8 Å². The molecular formula is C20H30N2O3. The average molecular weight is 346 g/mol. The van der Waals surface area contributed by atoms with Crippen LogP contribution in [0.1, 0.15) is 51.5 Å². The number of hydrogen-bond donors (Lipinski definition) is 2. The highest BCUT2D eigenvalue weighted by Gasteiger charge is 2.30. The van der Waals surface area contributed by atoms with E-state index < -0.39 is 0 Å². The third-order valence-corrected chi connectivity index (χ3v) is 5.10. The van der Waals surface area contributed by atoms with Crippen LogP contribution in [0.5, 0.6) is 5.75 Å². The van der Waals surface area contributed by atoms with Gasteiger partial charge in [-0.3, -0.25) is 9.59 Å². The fourth-order valence-corrected chi connectivity index (χ4v) is 3.16. The van der Waals surface area contributed by atoms with Crippen LogP contribution in [0.2, 0.25) is 0 Å². The fraction of sp³-hybridized carbons (Fsp3) is 0.600. The van der Waals surface area contributed by atoms with Crippen LogP contribution >= 0.6 is 0 Å². The molecule has 5 heteroatoms. The standard InChI is InChI=1S/C20H30N2O3/c1-4-14(2)22-20(24)17-9-7-16(8-10-17)19(23)21-13-15-5-11-18(25-3)12-6-15/h5-6,11-12,14,16-17H,4,7-10,13H2,1-3H3,(H,21,23)(H,22,24). The molecule has 0 spiro atoms. The fourth-order valence-electron chi connectivity index (χ4n) is 3.16. The summed E-state index contributed by atoms with van der Waals surface area (Å²) in [5.74, 6) is 1.12. The number of ether oxygens (including phenoxy) is 1. The maximum atomic E-state index is 12.4. The minimum Gasteiger partial charge on any atom is -0.497 e. The number of hydrogen-bond acceptors (Lipinski definition) is 3. The predicted molar refractivity (Wildman–Crippen MR) is 98.2 cm³/mol. The molecule has 1 atom stereocenters. The molecular weight excluding hydrogens is 316 g/mol. The number of rotatable bonds is 7. The van der Waals surface area contributed by atoms with Crippen LogP contribution in [-0.4, -0.2) is 25.0 Å². The summed E-state index contributed by atoms with van der Waals surface area (Å²) in [6.45, 7) is 4.61. The van der Waals surface area contributed by atoms with E-state index in [2.05, 4.69) is 17.6 Å². The van der Waals surface area contributed by atoms with Gasteiger partial charge in [0, 0.05) is 24.4 Å². The molecule has 0 saturated heterocycles. The van der Waals surface area contributed by atoms with Crippen molar-refractivity contribution in [3.63, 3.8) is 0 Å². The van der Waals surface area contributed by atoms with Crippen molar-refractivity contribution in [2.75, 3.05) is 7.11 Å². The van der Waals surface area contributed by atoms with Gasteiger partial charge < -0.3 is 15.4 Å². The second kappa shape index (κ2) is 9.44. The Morgan fingerprint density at radius 1 is 1.08 bits per heavy atom. The lowest BCUT2D eigenvalue weighted by Gasteiger charge is -2.28. The normalized spacial score (nSPS) is 21.2. The van der Waals surface area contributed by atoms with Gasteiger partial charge in [0.1, 0.15) is 5.75 Å². The Hall–Kier alpha value is -2.04. The van der Waals surface area contributed by atoms with Crippen LogP contribution in [-0.2, 0) is 16.1 Å². The quantitative estimate of drug-likeness (QED) is 0.797. The van der Waals surface area contributed by atoms with Gasteiger partial charge in [0.15, 0.2) is 0 Å². The highest BCUT2D eigenvalue weighted by molar-refractivity contribution is 5.81. The van der Waals surface area contributed by atoms with Crippen LogP contribution in [0, 0.1) is 11.8 Å². The van der Waals surface area contributed by atoms with E-state index in [1.165, 1.54) is 0 Å². The average Bonchev–Trinajstić information content (AvgIpc) is 2.66. The van der Waals surface area contributed by atoms with Gasteiger partial charge in [-0.25, -0.2) is 0 Å². The van der Waals surface area contributed by atoms with Crippen molar-refractivity contribution in [2.24, 2.45) is 11.8 Å². The van der Waals surface area contributed by atoms with E-state index in [1.54, 1.807) is 7.11 Å². The molecule has 0 aliphatic heterocycles. The number of nitrogens with one attached hydrogen (secondary N) is 2. The smallest absolute Gasteiger partial charge is 0.223 e. The van der Waals surface area contributed by atoms with E-state index in [9.17, 15) is 9.59 Å². The van der Waals surface area contributed by atoms with Gasteiger partial charge in [-0.1, -0.05) is 19.1 Å². The monoisotopic (exact) mass is 346 g/mol. The summed E-state index contributed by atoms with van der Waals surface area (Å²) in [7, 11) is 1.64. The minimum absolute atomic E-state index is 0.0193. The second-order valence-corrected chi connectivity index (χ2v) is 6.93. The zero-order chi connectivity index (χ0) is 18.2. The number of methoxy groups -OCH3 is 1. The van der Waals surface area contributed by atoms with Crippen LogP contribution < -0.4 is 15.4 Å². The molecule has 138 valence electrons. The van der Waals surface area contributed by atoms with Gasteiger partial charge in [0.05, 0.1) is 7.11 Å². The highest BCUT2D eigenvalue weighted by Crippen LogP contribution is 2.29. The molecule has 1 aromatic carbocycles. The largest absolute Gasteiger partial charge is 0.497 e. The van der Waals surface area contributed by atoms with E-state index >= 15 is 0 Å². The molecule has 25 heavy (non-hydrogen) atoms. The molecule has 1 aliphatic rings. The number of benzene rings is 1.